The molecular weight excluding hydrogens is 271 g/mol. The van der Waals surface area contributed by atoms with Crippen molar-refractivity contribution in [1.29, 1.82) is 0 Å². The Labute approximate surface area is 113 Å². The van der Waals surface area contributed by atoms with Crippen LogP contribution in [0.2, 0.25) is 0 Å². The molecule has 1 aromatic heterocycles. The van der Waals surface area contributed by atoms with E-state index in [9.17, 15) is 18.3 Å². The van der Waals surface area contributed by atoms with Crippen molar-refractivity contribution in [2.75, 3.05) is 0 Å². The first-order valence-electron chi connectivity index (χ1n) is 6.03. The van der Waals surface area contributed by atoms with Crippen molar-refractivity contribution in [3.8, 4) is 0 Å². The quantitative estimate of drug-likeness (QED) is 0.934. The predicted octanol–water partition coefficient (Wildman–Crippen LogP) is 1.98. The van der Waals surface area contributed by atoms with Gasteiger partial charge in [-0.3, -0.25) is 4.68 Å². The van der Waals surface area contributed by atoms with E-state index >= 15 is 0 Å². The Balaban J connectivity index is 2.05. The second-order valence-corrected chi connectivity index (χ2v) is 4.56. The van der Waals surface area contributed by atoms with E-state index in [0.29, 0.717) is 11.4 Å². The van der Waals surface area contributed by atoms with E-state index in [-0.39, 0.29) is 12.8 Å². The summed E-state index contributed by atoms with van der Waals surface area (Å²) in [4.78, 5) is 3.97. The summed E-state index contributed by atoms with van der Waals surface area (Å²) >= 11 is 0. The normalized spacial score (nSPS) is 13.4. The third kappa shape index (κ3) is 3.57. The van der Waals surface area contributed by atoms with Crippen LogP contribution in [0.15, 0.2) is 30.6 Å². The van der Waals surface area contributed by atoms with Crippen molar-refractivity contribution in [1.82, 2.24) is 14.8 Å². The molecule has 1 atom stereocenters. The highest BCUT2D eigenvalue weighted by Crippen LogP contribution is 2.29. The lowest BCUT2D eigenvalue weighted by molar-refractivity contribution is -0.137. The highest BCUT2D eigenvalue weighted by molar-refractivity contribution is 5.26. The maximum absolute atomic E-state index is 12.6. The minimum absolute atomic E-state index is 0.136. The topological polar surface area (TPSA) is 50.9 Å². The molecule has 0 radical (unpaired) electrons. The Morgan fingerprint density at radius 1 is 1.30 bits per heavy atom. The lowest BCUT2D eigenvalue weighted by Crippen LogP contribution is -2.17. The first-order chi connectivity index (χ1) is 9.36. The molecule has 0 saturated carbocycles. The summed E-state index contributed by atoms with van der Waals surface area (Å²) in [5, 5.41) is 13.8. The molecule has 0 aliphatic carbocycles. The number of alkyl halides is 3. The Bertz CT molecular complexity index is 580. The van der Waals surface area contributed by atoms with Gasteiger partial charge in [0.2, 0.25) is 0 Å². The number of hydrogen-bond donors (Lipinski definition) is 1. The summed E-state index contributed by atoms with van der Waals surface area (Å²) in [5.41, 5.74) is -0.268. The van der Waals surface area contributed by atoms with E-state index in [0.717, 1.165) is 12.1 Å². The zero-order chi connectivity index (χ0) is 14.8. The Hall–Kier alpha value is -1.89. The predicted molar refractivity (Wildman–Crippen MR) is 65.9 cm³/mol. The largest absolute Gasteiger partial charge is 0.416 e. The molecular formula is C13H14F3N3O. The molecule has 0 aliphatic heterocycles. The van der Waals surface area contributed by atoms with Crippen LogP contribution in [0.25, 0.3) is 0 Å². The molecule has 1 unspecified atom stereocenters. The van der Waals surface area contributed by atoms with Gasteiger partial charge in [0.1, 0.15) is 12.2 Å². The average Bonchev–Trinajstić information content (AvgIpc) is 2.74. The zero-order valence-corrected chi connectivity index (χ0v) is 10.8. The first kappa shape index (κ1) is 14.5. The smallest absolute Gasteiger partial charge is 0.392 e. The van der Waals surface area contributed by atoms with Gasteiger partial charge in [0, 0.05) is 13.5 Å². The van der Waals surface area contributed by atoms with E-state index in [1.807, 2.05) is 0 Å². The molecule has 0 amide bonds. The molecule has 4 nitrogen and oxygen atoms in total. The summed E-state index contributed by atoms with van der Waals surface area (Å²) in [6, 6.07) is 4.97. The Morgan fingerprint density at radius 3 is 2.65 bits per heavy atom. The average molecular weight is 285 g/mol. The van der Waals surface area contributed by atoms with Crippen molar-refractivity contribution >= 4 is 0 Å². The number of benzene rings is 1. The number of rotatable bonds is 4. The molecule has 20 heavy (non-hydrogen) atoms. The lowest BCUT2D eigenvalue weighted by atomic mass is 10.0. The zero-order valence-electron chi connectivity index (χ0n) is 10.8. The Kier molecular flexibility index (Phi) is 4.08. The second kappa shape index (κ2) is 5.62. The van der Waals surface area contributed by atoms with Gasteiger partial charge in [0.25, 0.3) is 0 Å². The van der Waals surface area contributed by atoms with Crippen molar-refractivity contribution in [2.45, 2.75) is 25.1 Å². The molecule has 1 N–H and O–H groups in total. The van der Waals surface area contributed by atoms with Crippen LogP contribution in [0.1, 0.15) is 17.0 Å². The summed E-state index contributed by atoms with van der Waals surface area (Å²) in [7, 11) is 1.69. The van der Waals surface area contributed by atoms with Crippen molar-refractivity contribution in [3.05, 3.63) is 47.5 Å². The first-order valence-corrected chi connectivity index (χ1v) is 6.03. The summed E-state index contributed by atoms with van der Waals surface area (Å²) in [6.45, 7) is 0. The van der Waals surface area contributed by atoms with Crippen LogP contribution < -0.4 is 0 Å². The number of aryl methyl sites for hydroxylation is 1. The fraction of sp³-hybridized carbons (Fsp3) is 0.385. The fourth-order valence-corrected chi connectivity index (χ4v) is 1.93. The van der Waals surface area contributed by atoms with Gasteiger partial charge in [-0.05, 0) is 18.1 Å². The van der Waals surface area contributed by atoms with Crippen molar-refractivity contribution in [2.24, 2.45) is 7.05 Å². The van der Waals surface area contributed by atoms with Crippen LogP contribution in [0.4, 0.5) is 13.2 Å². The maximum Gasteiger partial charge on any atom is 0.416 e. The van der Waals surface area contributed by atoms with Crippen LogP contribution >= 0.6 is 0 Å². The van der Waals surface area contributed by atoms with E-state index in [1.165, 1.54) is 17.1 Å². The number of hydrogen-bond acceptors (Lipinski definition) is 3. The number of halogens is 3. The fourth-order valence-electron chi connectivity index (χ4n) is 1.93. The van der Waals surface area contributed by atoms with Gasteiger partial charge in [-0.2, -0.15) is 18.3 Å². The molecule has 0 spiro atoms. The second-order valence-electron chi connectivity index (χ2n) is 4.56. The van der Waals surface area contributed by atoms with Gasteiger partial charge in [0.05, 0.1) is 11.7 Å². The molecule has 0 fully saturated rings. The van der Waals surface area contributed by atoms with Crippen LogP contribution in [0.3, 0.4) is 0 Å². The van der Waals surface area contributed by atoms with Crippen molar-refractivity contribution < 1.29 is 18.3 Å². The van der Waals surface area contributed by atoms with Gasteiger partial charge in [0.15, 0.2) is 0 Å². The van der Waals surface area contributed by atoms with Crippen LogP contribution in [-0.2, 0) is 26.1 Å². The summed E-state index contributed by atoms with van der Waals surface area (Å²) in [6.07, 6.45) is -3.43. The number of nitrogens with zero attached hydrogens (tertiary/aromatic N) is 3. The highest BCUT2D eigenvalue weighted by atomic mass is 19.4. The van der Waals surface area contributed by atoms with E-state index in [2.05, 4.69) is 10.1 Å². The minimum atomic E-state index is -4.37. The van der Waals surface area contributed by atoms with Gasteiger partial charge in [-0.1, -0.05) is 18.2 Å². The molecule has 0 bridgehead atoms. The minimum Gasteiger partial charge on any atom is -0.392 e. The van der Waals surface area contributed by atoms with Gasteiger partial charge >= 0.3 is 6.18 Å². The van der Waals surface area contributed by atoms with Crippen LogP contribution in [-0.4, -0.2) is 26.0 Å². The van der Waals surface area contributed by atoms with Gasteiger partial charge in [-0.15, -0.1) is 0 Å². The molecule has 2 rings (SSSR count). The number of aliphatic hydroxyl groups excluding tert-OH is 1. The molecule has 0 aliphatic rings. The van der Waals surface area contributed by atoms with E-state index < -0.39 is 17.8 Å². The number of aliphatic hydroxyl groups is 1. The molecule has 1 aromatic carbocycles. The number of aromatic nitrogens is 3. The Morgan fingerprint density at radius 2 is 2.05 bits per heavy atom. The van der Waals surface area contributed by atoms with Gasteiger partial charge in [-0.25, -0.2) is 4.98 Å². The molecule has 1 heterocycles. The molecule has 7 heteroatoms. The summed E-state index contributed by atoms with van der Waals surface area (Å²) in [5.74, 6) is 0.587. The molecule has 0 saturated heterocycles. The van der Waals surface area contributed by atoms with Crippen LogP contribution in [0, 0.1) is 0 Å². The summed E-state index contributed by atoms with van der Waals surface area (Å²) < 4.78 is 39.3. The van der Waals surface area contributed by atoms with E-state index in [4.69, 9.17) is 0 Å². The standard InChI is InChI=1S/C13H14F3N3O/c1-19-12(17-8-18-19)7-11(20)6-9-3-2-4-10(5-9)13(14,15)16/h2-5,8,11,20H,6-7H2,1H3. The molecule has 108 valence electrons. The lowest BCUT2D eigenvalue weighted by Gasteiger charge is -2.12. The van der Waals surface area contributed by atoms with Crippen molar-refractivity contribution in [3.63, 3.8) is 0 Å². The third-order valence-electron chi connectivity index (χ3n) is 2.95. The monoisotopic (exact) mass is 285 g/mol. The van der Waals surface area contributed by atoms with E-state index in [1.54, 1.807) is 13.1 Å². The maximum atomic E-state index is 12.6. The van der Waals surface area contributed by atoms with Crippen LogP contribution in [0.5, 0.6) is 0 Å². The SMILES string of the molecule is Cn1ncnc1CC(O)Cc1cccc(C(F)(F)F)c1. The molecule has 2 aromatic rings. The highest BCUT2D eigenvalue weighted by Gasteiger charge is 2.30. The third-order valence-corrected chi connectivity index (χ3v) is 2.95. The van der Waals surface area contributed by atoms with Gasteiger partial charge < -0.3 is 5.11 Å².